The Kier molecular flexibility index (Phi) is 7.72. The van der Waals surface area contributed by atoms with Crippen LogP contribution in [0.2, 0.25) is 0 Å². The molecule has 3 aromatic carbocycles. The molecule has 39 heavy (non-hydrogen) atoms. The predicted octanol–water partition coefficient (Wildman–Crippen LogP) is 4.72. The third kappa shape index (κ3) is 5.84. The maximum absolute atomic E-state index is 13.3. The van der Waals surface area contributed by atoms with Crippen molar-refractivity contribution >= 4 is 33.5 Å². The Hall–Kier alpha value is -3.69. The van der Waals surface area contributed by atoms with Crippen LogP contribution in [0.25, 0.3) is 0 Å². The van der Waals surface area contributed by atoms with Gasteiger partial charge in [-0.2, -0.15) is 0 Å². The number of aryl methyl sites for hydroxylation is 3. The van der Waals surface area contributed by atoms with Crippen LogP contribution in [0, 0.1) is 13.8 Å². The number of para-hydroxylation sites is 1. The van der Waals surface area contributed by atoms with Crippen LogP contribution in [0.5, 0.6) is 5.75 Å². The highest BCUT2D eigenvalue weighted by Crippen LogP contribution is 2.34. The molecule has 8 nitrogen and oxygen atoms in total. The van der Waals surface area contributed by atoms with Crippen LogP contribution in [-0.4, -0.2) is 63.6 Å². The van der Waals surface area contributed by atoms with Crippen molar-refractivity contribution in [2.24, 2.45) is 4.99 Å². The second-order valence-corrected chi connectivity index (χ2v) is 11.8. The number of carbonyl (C=O) groups excluding carboxylic acids is 1. The van der Waals surface area contributed by atoms with E-state index in [1.54, 1.807) is 36.5 Å². The van der Waals surface area contributed by atoms with Gasteiger partial charge in [-0.05, 0) is 73.2 Å². The van der Waals surface area contributed by atoms with Gasteiger partial charge in [0, 0.05) is 44.5 Å². The number of nitrogens with one attached hydrogen (secondary N) is 1. The highest BCUT2D eigenvalue weighted by atomic mass is 32.2. The van der Waals surface area contributed by atoms with E-state index in [-0.39, 0.29) is 22.2 Å². The molecule has 9 heteroatoms. The minimum atomic E-state index is -3.92. The minimum Gasteiger partial charge on any atom is -0.495 e. The summed E-state index contributed by atoms with van der Waals surface area (Å²) in [5.74, 6) is 0.186. The fourth-order valence-electron chi connectivity index (χ4n) is 5.07. The topological polar surface area (TPSA) is 91.3 Å². The largest absolute Gasteiger partial charge is 0.495 e. The molecule has 1 saturated heterocycles. The fraction of sp³-hybridized carbons (Fsp3) is 0.333. The van der Waals surface area contributed by atoms with Gasteiger partial charge < -0.3 is 9.64 Å². The average Bonchev–Trinajstić information content (AvgIpc) is 2.95. The van der Waals surface area contributed by atoms with Crippen LogP contribution in [0.4, 0.5) is 11.4 Å². The van der Waals surface area contributed by atoms with E-state index in [2.05, 4.69) is 46.7 Å². The van der Waals surface area contributed by atoms with E-state index in [4.69, 9.17) is 4.74 Å². The lowest BCUT2D eigenvalue weighted by atomic mass is 10.1. The first-order valence-corrected chi connectivity index (χ1v) is 14.7. The number of rotatable bonds is 7. The van der Waals surface area contributed by atoms with E-state index in [1.807, 2.05) is 11.0 Å². The van der Waals surface area contributed by atoms with Crippen LogP contribution >= 0.6 is 0 Å². The highest BCUT2D eigenvalue weighted by Gasteiger charge is 2.26. The molecule has 0 spiro atoms. The summed E-state index contributed by atoms with van der Waals surface area (Å²) in [5, 5.41) is 0. The second-order valence-electron chi connectivity index (χ2n) is 10.1. The van der Waals surface area contributed by atoms with Gasteiger partial charge in [-0.25, -0.2) is 8.42 Å². The highest BCUT2D eigenvalue weighted by molar-refractivity contribution is 7.92. The molecule has 0 bridgehead atoms. The summed E-state index contributed by atoms with van der Waals surface area (Å²) in [4.78, 5) is 21.9. The van der Waals surface area contributed by atoms with Crippen molar-refractivity contribution in [3.05, 3.63) is 82.4 Å². The van der Waals surface area contributed by atoms with Gasteiger partial charge in [0.1, 0.15) is 10.6 Å². The summed E-state index contributed by atoms with van der Waals surface area (Å²) in [6.07, 6.45) is 3.28. The number of hydrogen-bond acceptors (Lipinski definition) is 6. The van der Waals surface area contributed by atoms with E-state index in [1.165, 1.54) is 23.8 Å². The second kappa shape index (κ2) is 11.2. The molecule has 204 valence electrons. The van der Waals surface area contributed by atoms with Gasteiger partial charge in [-0.3, -0.25) is 19.4 Å². The Bertz CT molecular complexity index is 1530. The molecular weight excluding hydrogens is 512 g/mol. The number of carbonyl (C=O) groups is 1. The number of benzene rings is 3. The molecule has 0 radical (unpaired) electrons. The molecule has 2 aliphatic rings. The molecule has 3 aromatic rings. The zero-order valence-corrected chi connectivity index (χ0v) is 23.4. The Labute approximate surface area is 230 Å². The summed E-state index contributed by atoms with van der Waals surface area (Å²) in [5.41, 5.74) is 5.96. The van der Waals surface area contributed by atoms with Gasteiger partial charge in [0.2, 0.25) is 0 Å². The lowest BCUT2D eigenvalue weighted by molar-refractivity contribution is 0.0628. The van der Waals surface area contributed by atoms with Crippen LogP contribution in [0.3, 0.4) is 0 Å². The number of anilines is 1. The SMILES string of the molecule is COc1cc(C(=O)N2CCN(Cc3ccc(C)c(C)c3)CC2)ccc1NS(=O)(=O)c1cccc2c1N=CCC2. The number of aliphatic imine (C=N–C) groups is 1. The zero-order valence-electron chi connectivity index (χ0n) is 22.6. The first-order chi connectivity index (χ1) is 18.7. The van der Waals surface area contributed by atoms with Crippen molar-refractivity contribution in [3.8, 4) is 5.75 Å². The maximum atomic E-state index is 13.3. The van der Waals surface area contributed by atoms with Crippen LogP contribution in [0.1, 0.15) is 39.0 Å². The molecule has 2 aliphatic heterocycles. The Balaban J connectivity index is 1.26. The van der Waals surface area contributed by atoms with Crippen LogP contribution < -0.4 is 9.46 Å². The van der Waals surface area contributed by atoms with Crippen LogP contribution in [-0.2, 0) is 23.0 Å². The van der Waals surface area contributed by atoms with E-state index in [0.29, 0.717) is 24.3 Å². The summed E-state index contributed by atoms with van der Waals surface area (Å²) in [6, 6.07) is 16.6. The summed E-state index contributed by atoms with van der Waals surface area (Å²) < 4.78 is 34.7. The summed E-state index contributed by atoms with van der Waals surface area (Å²) in [6.45, 7) is 7.94. The Morgan fingerprint density at radius 3 is 2.54 bits per heavy atom. The molecule has 2 heterocycles. The van der Waals surface area contributed by atoms with E-state index < -0.39 is 10.0 Å². The van der Waals surface area contributed by atoms with E-state index in [9.17, 15) is 13.2 Å². The number of methoxy groups -OCH3 is 1. The molecule has 1 amide bonds. The molecule has 5 rings (SSSR count). The average molecular weight is 547 g/mol. The number of piperazine rings is 1. The summed E-state index contributed by atoms with van der Waals surface area (Å²) in [7, 11) is -2.46. The number of amides is 1. The fourth-order valence-corrected chi connectivity index (χ4v) is 6.33. The standard InChI is InChI=1S/C30H34N4O4S/c1-21-9-10-23(18-22(21)2)20-33-14-16-34(17-15-33)30(35)25-11-12-26(27(19-25)38-3)32-39(36,37)28-8-4-6-24-7-5-13-31-29(24)28/h4,6,8-13,18-19,32H,5,7,14-17,20H2,1-3H3. The van der Waals surface area contributed by atoms with Gasteiger partial charge in [0.15, 0.2) is 0 Å². The lowest BCUT2D eigenvalue weighted by Crippen LogP contribution is -2.48. The molecule has 0 aliphatic carbocycles. The minimum absolute atomic E-state index is 0.0972. The van der Waals surface area contributed by atoms with E-state index >= 15 is 0 Å². The molecule has 0 unspecified atom stereocenters. The molecule has 0 atom stereocenters. The van der Waals surface area contributed by atoms with Gasteiger partial charge in [-0.1, -0.05) is 30.3 Å². The Morgan fingerprint density at radius 1 is 1.00 bits per heavy atom. The predicted molar refractivity (Wildman–Crippen MR) is 154 cm³/mol. The van der Waals surface area contributed by atoms with Crippen molar-refractivity contribution in [2.45, 2.75) is 38.1 Å². The van der Waals surface area contributed by atoms with Crippen molar-refractivity contribution in [1.29, 1.82) is 0 Å². The smallest absolute Gasteiger partial charge is 0.264 e. The van der Waals surface area contributed by atoms with Crippen molar-refractivity contribution in [1.82, 2.24) is 9.80 Å². The van der Waals surface area contributed by atoms with Crippen molar-refractivity contribution in [3.63, 3.8) is 0 Å². The first-order valence-electron chi connectivity index (χ1n) is 13.2. The van der Waals surface area contributed by atoms with Gasteiger partial charge in [-0.15, -0.1) is 0 Å². The van der Waals surface area contributed by atoms with Crippen LogP contribution in [0.15, 0.2) is 64.5 Å². The molecule has 0 aromatic heterocycles. The number of hydrogen-bond donors (Lipinski definition) is 1. The van der Waals surface area contributed by atoms with Crippen molar-refractivity contribution in [2.75, 3.05) is 38.0 Å². The maximum Gasteiger partial charge on any atom is 0.264 e. The molecular formula is C30H34N4O4S. The van der Waals surface area contributed by atoms with Gasteiger partial charge in [0.25, 0.3) is 15.9 Å². The number of sulfonamides is 1. The normalized spacial score (nSPS) is 15.6. The summed E-state index contributed by atoms with van der Waals surface area (Å²) >= 11 is 0. The third-order valence-electron chi connectivity index (χ3n) is 7.47. The first kappa shape index (κ1) is 26.9. The molecule has 0 saturated carbocycles. The van der Waals surface area contributed by atoms with Gasteiger partial charge >= 0.3 is 0 Å². The van der Waals surface area contributed by atoms with Gasteiger partial charge in [0.05, 0.1) is 18.5 Å². The monoisotopic (exact) mass is 546 g/mol. The zero-order chi connectivity index (χ0) is 27.6. The van der Waals surface area contributed by atoms with Crippen molar-refractivity contribution < 1.29 is 17.9 Å². The van der Waals surface area contributed by atoms with E-state index in [0.717, 1.165) is 38.0 Å². The lowest BCUT2D eigenvalue weighted by Gasteiger charge is -2.35. The third-order valence-corrected chi connectivity index (χ3v) is 8.86. The Morgan fingerprint density at radius 2 is 1.79 bits per heavy atom. The molecule has 1 N–H and O–H groups in total. The number of nitrogens with zero attached hydrogens (tertiary/aromatic N) is 3. The molecule has 1 fully saturated rings. The number of ether oxygens (including phenoxy) is 1. The quantitative estimate of drug-likeness (QED) is 0.463. The number of fused-ring (bicyclic) bond motifs is 1.